The number of rotatable bonds is 2. The van der Waals surface area contributed by atoms with Crippen LogP contribution in [0.15, 0.2) is 30.3 Å². The minimum Gasteiger partial charge on any atom is -0.352 e. The van der Waals surface area contributed by atoms with Crippen molar-refractivity contribution in [3.63, 3.8) is 0 Å². The van der Waals surface area contributed by atoms with Gasteiger partial charge in [-0.2, -0.15) is 0 Å². The van der Waals surface area contributed by atoms with Crippen molar-refractivity contribution in [2.45, 2.75) is 6.54 Å². The summed E-state index contributed by atoms with van der Waals surface area (Å²) in [7, 11) is 0. The van der Waals surface area contributed by atoms with Crippen LogP contribution in [0.5, 0.6) is 0 Å². The van der Waals surface area contributed by atoms with Gasteiger partial charge in [-0.15, -0.1) is 12.4 Å². The number of carbonyl (C=O) groups is 1. The van der Waals surface area contributed by atoms with E-state index in [2.05, 4.69) is 5.32 Å². The molecule has 0 fully saturated rings. The van der Waals surface area contributed by atoms with E-state index in [1.807, 2.05) is 30.3 Å². The molecule has 0 unspecified atom stereocenters. The Kier molecular flexibility index (Phi) is 4.88. The Morgan fingerprint density at radius 3 is 2.42 bits per heavy atom. The molecule has 0 saturated carbocycles. The molecule has 3 N–H and O–H groups in total. The van der Waals surface area contributed by atoms with Crippen molar-refractivity contribution in [2.24, 2.45) is 5.73 Å². The lowest BCUT2D eigenvalue weighted by Crippen LogP contribution is -2.28. The molecule has 1 aromatic rings. The first kappa shape index (κ1) is 10.8. The molecule has 3 nitrogen and oxygen atoms in total. The monoisotopic (exact) mass is 186 g/mol. The molecule has 0 aliphatic heterocycles. The summed E-state index contributed by atoms with van der Waals surface area (Å²) >= 11 is 0. The Bertz CT molecular complexity index is 238. The maximum absolute atomic E-state index is 10.3. The second kappa shape index (κ2) is 5.43. The van der Waals surface area contributed by atoms with Gasteiger partial charge in [-0.3, -0.25) is 0 Å². The fourth-order valence-electron chi connectivity index (χ4n) is 0.785. The zero-order valence-electron chi connectivity index (χ0n) is 6.49. The van der Waals surface area contributed by atoms with Gasteiger partial charge in [-0.1, -0.05) is 30.3 Å². The van der Waals surface area contributed by atoms with Crippen LogP contribution in [-0.4, -0.2) is 6.03 Å². The smallest absolute Gasteiger partial charge is 0.312 e. The van der Waals surface area contributed by atoms with Crippen LogP contribution >= 0.6 is 12.4 Å². The van der Waals surface area contributed by atoms with Crippen molar-refractivity contribution < 1.29 is 4.79 Å². The molecule has 1 rings (SSSR count). The van der Waals surface area contributed by atoms with Crippen LogP contribution in [0, 0.1) is 0 Å². The van der Waals surface area contributed by atoms with E-state index in [0.717, 1.165) is 5.56 Å². The predicted molar refractivity (Wildman–Crippen MR) is 50.1 cm³/mol. The van der Waals surface area contributed by atoms with Crippen LogP contribution in [0.4, 0.5) is 4.79 Å². The standard InChI is InChI=1S/C8H10N2O.ClH/c9-8(11)10-6-7-4-2-1-3-5-7;/h1-5H,6H2,(H3,9,10,11);1H. The topological polar surface area (TPSA) is 55.1 Å². The summed E-state index contributed by atoms with van der Waals surface area (Å²) in [4.78, 5) is 10.3. The van der Waals surface area contributed by atoms with E-state index >= 15 is 0 Å². The van der Waals surface area contributed by atoms with E-state index < -0.39 is 6.03 Å². The van der Waals surface area contributed by atoms with Gasteiger partial charge in [0.1, 0.15) is 0 Å². The van der Waals surface area contributed by atoms with Crippen LogP contribution in [0.1, 0.15) is 5.56 Å². The molecular weight excluding hydrogens is 176 g/mol. The number of primary amides is 1. The van der Waals surface area contributed by atoms with Crippen molar-refractivity contribution in [2.75, 3.05) is 0 Å². The first-order valence-electron chi connectivity index (χ1n) is 3.36. The Morgan fingerprint density at radius 1 is 1.33 bits per heavy atom. The summed E-state index contributed by atoms with van der Waals surface area (Å²) in [5.41, 5.74) is 5.94. The summed E-state index contributed by atoms with van der Waals surface area (Å²) in [6.45, 7) is 0.496. The first-order chi connectivity index (χ1) is 5.29. The number of benzene rings is 1. The molecule has 0 radical (unpaired) electrons. The summed E-state index contributed by atoms with van der Waals surface area (Å²) in [6, 6.07) is 9.12. The molecular formula is C8H11ClN2O. The highest BCUT2D eigenvalue weighted by Crippen LogP contribution is 1.96. The summed E-state index contributed by atoms with van der Waals surface area (Å²) in [5.74, 6) is 0. The van der Waals surface area contributed by atoms with Gasteiger partial charge in [0.15, 0.2) is 0 Å². The highest BCUT2D eigenvalue weighted by Gasteiger charge is 1.91. The zero-order chi connectivity index (χ0) is 8.10. The third kappa shape index (κ3) is 3.83. The Morgan fingerprint density at radius 2 is 1.92 bits per heavy atom. The molecule has 0 aromatic heterocycles. The van der Waals surface area contributed by atoms with Crippen LogP contribution in [0.2, 0.25) is 0 Å². The molecule has 0 atom stereocenters. The second-order valence-corrected chi connectivity index (χ2v) is 2.20. The van der Waals surface area contributed by atoms with Crippen molar-refractivity contribution >= 4 is 18.4 Å². The summed E-state index contributed by atoms with van der Waals surface area (Å²) in [5, 5.41) is 2.50. The van der Waals surface area contributed by atoms with Crippen LogP contribution in [0.25, 0.3) is 0 Å². The Hall–Kier alpha value is -1.22. The number of hydrogen-bond donors (Lipinski definition) is 2. The zero-order valence-corrected chi connectivity index (χ0v) is 7.30. The van der Waals surface area contributed by atoms with Gasteiger partial charge >= 0.3 is 6.03 Å². The van der Waals surface area contributed by atoms with Crippen molar-refractivity contribution in [1.29, 1.82) is 0 Å². The average molecular weight is 187 g/mol. The Labute approximate surface area is 77.4 Å². The maximum atomic E-state index is 10.3. The summed E-state index contributed by atoms with van der Waals surface area (Å²) in [6.07, 6.45) is 0. The fourth-order valence-corrected chi connectivity index (χ4v) is 0.785. The van der Waals surface area contributed by atoms with E-state index in [-0.39, 0.29) is 12.4 Å². The average Bonchev–Trinajstić information content (AvgIpc) is 2.03. The highest BCUT2D eigenvalue weighted by molar-refractivity contribution is 5.85. The molecule has 66 valence electrons. The van der Waals surface area contributed by atoms with E-state index in [1.54, 1.807) is 0 Å². The maximum Gasteiger partial charge on any atom is 0.312 e. The number of hydrogen-bond acceptors (Lipinski definition) is 1. The third-order valence-electron chi connectivity index (χ3n) is 1.31. The molecule has 0 heterocycles. The van der Waals surface area contributed by atoms with Gasteiger partial charge in [0.25, 0.3) is 0 Å². The number of urea groups is 1. The van der Waals surface area contributed by atoms with Gasteiger partial charge in [0.05, 0.1) is 0 Å². The molecule has 4 heteroatoms. The fraction of sp³-hybridized carbons (Fsp3) is 0.125. The van der Waals surface area contributed by atoms with E-state index in [9.17, 15) is 4.79 Å². The largest absolute Gasteiger partial charge is 0.352 e. The van der Waals surface area contributed by atoms with Gasteiger partial charge < -0.3 is 11.1 Å². The molecule has 2 amide bonds. The predicted octanol–water partition coefficient (Wildman–Crippen LogP) is 1.28. The van der Waals surface area contributed by atoms with E-state index in [4.69, 9.17) is 5.73 Å². The van der Waals surface area contributed by atoms with Gasteiger partial charge in [0, 0.05) is 6.54 Å². The van der Waals surface area contributed by atoms with E-state index in [0.29, 0.717) is 6.54 Å². The minimum absolute atomic E-state index is 0. The summed E-state index contributed by atoms with van der Waals surface area (Å²) < 4.78 is 0. The first-order valence-corrected chi connectivity index (χ1v) is 3.36. The number of halogens is 1. The lowest BCUT2D eigenvalue weighted by Gasteiger charge is -1.99. The second-order valence-electron chi connectivity index (χ2n) is 2.20. The van der Waals surface area contributed by atoms with Gasteiger partial charge in [-0.05, 0) is 5.56 Å². The molecule has 0 spiro atoms. The van der Waals surface area contributed by atoms with Crippen molar-refractivity contribution in [3.05, 3.63) is 35.9 Å². The third-order valence-corrected chi connectivity index (χ3v) is 1.31. The number of carbonyl (C=O) groups excluding carboxylic acids is 1. The molecule has 12 heavy (non-hydrogen) atoms. The lowest BCUT2D eigenvalue weighted by atomic mass is 10.2. The van der Waals surface area contributed by atoms with Crippen molar-refractivity contribution in [3.8, 4) is 0 Å². The molecule has 1 aromatic carbocycles. The van der Waals surface area contributed by atoms with Crippen LogP contribution in [-0.2, 0) is 6.54 Å². The van der Waals surface area contributed by atoms with Crippen molar-refractivity contribution in [1.82, 2.24) is 5.32 Å². The number of amides is 2. The van der Waals surface area contributed by atoms with Gasteiger partial charge in [0.2, 0.25) is 0 Å². The number of nitrogens with two attached hydrogens (primary N) is 1. The molecule has 0 saturated heterocycles. The van der Waals surface area contributed by atoms with Crippen LogP contribution < -0.4 is 11.1 Å². The minimum atomic E-state index is -0.492. The Balaban J connectivity index is 0.00000121. The van der Waals surface area contributed by atoms with Gasteiger partial charge in [-0.25, -0.2) is 4.79 Å². The molecule has 0 aliphatic carbocycles. The number of nitrogens with one attached hydrogen (secondary N) is 1. The normalized spacial score (nSPS) is 8.33. The lowest BCUT2D eigenvalue weighted by molar-refractivity contribution is 0.248. The molecule has 0 bridgehead atoms. The van der Waals surface area contributed by atoms with Crippen LogP contribution in [0.3, 0.4) is 0 Å². The quantitative estimate of drug-likeness (QED) is 0.718. The highest BCUT2D eigenvalue weighted by atomic mass is 35.5. The van der Waals surface area contributed by atoms with E-state index in [1.165, 1.54) is 0 Å². The molecule has 0 aliphatic rings. The SMILES string of the molecule is Cl.NC(=O)NCc1ccccc1.